The molecule has 0 aliphatic heterocycles. The normalized spacial score (nSPS) is 10.5. The number of nitro groups is 1. The largest absolute Gasteiger partial charge is 0.502 e. The lowest BCUT2D eigenvalue weighted by Gasteiger charge is -2.15. The van der Waals surface area contributed by atoms with Crippen LogP contribution in [0.5, 0.6) is 5.75 Å². The molecule has 0 bridgehead atoms. The first-order valence-corrected chi connectivity index (χ1v) is 6.99. The Labute approximate surface area is 144 Å². The Bertz CT molecular complexity index is 1040. The Kier molecular flexibility index (Phi) is 4.40. The lowest BCUT2D eigenvalue weighted by molar-refractivity contribution is -0.386. The lowest BCUT2D eigenvalue weighted by atomic mass is 9.91. The van der Waals surface area contributed by atoms with Gasteiger partial charge in [-0.15, -0.1) is 0 Å². The van der Waals surface area contributed by atoms with Gasteiger partial charge in [-0.05, 0) is 25.5 Å². The molecule has 0 aliphatic rings. The number of aromatic carboxylic acids is 2. The first-order valence-electron chi connectivity index (χ1n) is 6.99. The van der Waals surface area contributed by atoms with Gasteiger partial charge in [-0.25, -0.2) is 9.59 Å². The molecule has 1 aromatic carbocycles. The van der Waals surface area contributed by atoms with E-state index in [9.17, 15) is 39.8 Å². The quantitative estimate of drug-likeness (QED) is 0.392. The summed E-state index contributed by atoms with van der Waals surface area (Å²) in [6, 6.07) is 1.16. The number of benzene rings is 1. The number of aromatic hydroxyl groups is 1. The van der Waals surface area contributed by atoms with E-state index in [4.69, 9.17) is 5.73 Å². The number of aromatic amines is 1. The number of nitrogens with two attached hydrogens (primary N) is 1. The summed E-state index contributed by atoms with van der Waals surface area (Å²) in [5.41, 5.74) is 0.919. The van der Waals surface area contributed by atoms with Gasteiger partial charge in [-0.3, -0.25) is 14.9 Å². The fourth-order valence-electron chi connectivity index (χ4n) is 2.62. The van der Waals surface area contributed by atoms with Crippen LogP contribution in [0.4, 0.5) is 11.5 Å². The van der Waals surface area contributed by atoms with Crippen LogP contribution in [-0.2, 0) is 0 Å². The zero-order chi connectivity index (χ0) is 19.9. The number of nitrogens with one attached hydrogen (secondary N) is 1. The highest BCUT2D eigenvalue weighted by atomic mass is 16.6. The maximum Gasteiger partial charge on any atom is 0.342 e. The van der Waals surface area contributed by atoms with E-state index in [0.717, 1.165) is 6.07 Å². The molecular weight excluding hydrogens is 350 g/mol. The number of phenolic OH excluding ortho intramolecular Hbond substituents is 1. The number of pyridine rings is 1. The third-order valence-electron chi connectivity index (χ3n) is 3.91. The maximum atomic E-state index is 12.0. The van der Waals surface area contributed by atoms with Crippen molar-refractivity contribution in [3.63, 3.8) is 0 Å². The fourth-order valence-corrected chi connectivity index (χ4v) is 2.62. The van der Waals surface area contributed by atoms with Crippen LogP contribution in [0, 0.1) is 24.0 Å². The summed E-state index contributed by atoms with van der Waals surface area (Å²) >= 11 is 0. The summed E-state index contributed by atoms with van der Waals surface area (Å²) in [6.45, 7) is 2.81. The van der Waals surface area contributed by atoms with Crippen molar-refractivity contribution in [1.29, 1.82) is 0 Å². The zero-order valence-electron chi connectivity index (χ0n) is 13.5. The minimum Gasteiger partial charge on any atom is -0.502 e. The van der Waals surface area contributed by atoms with E-state index in [0.29, 0.717) is 0 Å². The van der Waals surface area contributed by atoms with Crippen molar-refractivity contribution in [1.82, 2.24) is 4.98 Å². The number of nitrogen functional groups attached to an aromatic ring is 1. The average molecular weight is 363 g/mol. The summed E-state index contributed by atoms with van der Waals surface area (Å²) in [4.78, 5) is 47.4. The number of hydrogen-bond acceptors (Lipinski definition) is 7. The fraction of sp³-hybridized carbons (Fsp3) is 0.133. The molecule has 0 saturated heterocycles. The van der Waals surface area contributed by atoms with E-state index in [1.165, 1.54) is 13.8 Å². The van der Waals surface area contributed by atoms with Gasteiger partial charge in [0, 0.05) is 16.7 Å². The van der Waals surface area contributed by atoms with Gasteiger partial charge in [0.2, 0.25) is 5.75 Å². The number of phenols is 1. The number of rotatable bonds is 4. The van der Waals surface area contributed by atoms with E-state index in [2.05, 4.69) is 0 Å². The molecule has 0 fully saturated rings. The Morgan fingerprint density at radius 3 is 2.19 bits per heavy atom. The van der Waals surface area contributed by atoms with Crippen LogP contribution in [0.1, 0.15) is 31.8 Å². The monoisotopic (exact) mass is 363 g/mol. The van der Waals surface area contributed by atoms with Gasteiger partial charge in [0.05, 0.1) is 4.92 Å². The van der Waals surface area contributed by atoms with Crippen molar-refractivity contribution in [2.45, 2.75) is 13.8 Å². The Morgan fingerprint density at radius 2 is 1.73 bits per heavy atom. The Morgan fingerprint density at radius 1 is 1.19 bits per heavy atom. The summed E-state index contributed by atoms with van der Waals surface area (Å²) in [7, 11) is 0. The molecule has 0 radical (unpaired) electrons. The predicted molar refractivity (Wildman–Crippen MR) is 88.6 cm³/mol. The minimum absolute atomic E-state index is 0.0998. The highest BCUT2D eigenvalue weighted by molar-refractivity contribution is 6.08. The minimum atomic E-state index is -1.79. The van der Waals surface area contributed by atoms with Crippen LogP contribution in [0.2, 0.25) is 0 Å². The van der Waals surface area contributed by atoms with Gasteiger partial charge < -0.3 is 26.0 Å². The second-order valence-corrected chi connectivity index (χ2v) is 5.42. The smallest absolute Gasteiger partial charge is 0.342 e. The number of carbonyl (C=O) groups is 2. The highest BCUT2D eigenvalue weighted by Gasteiger charge is 2.32. The molecule has 1 aromatic heterocycles. The number of carboxylic acids is 2. The molecule has 0 unspecified atom stereocenters. The Balaban J connectivity index is 3.16. The van der Waals surface area contributed by atoms with E-state index in [1.54, 1.807) is 0 Å². The van der Waals surface area contributed by atoms with Gasteiger partial charge in [-0.2, -0.15) is 0 Å². The van der Waals surface area contributed by atoms with E-state index in [1.807, 2.05) is 4.98 Å². The number of carboxylic acid groups (broad SMARTS) is 2. The summed E-state index contributed by atoms with van der Waals surface area (Å²) < 4.78 is 0. The lowest BCUT2D eigenvalue weighted by Crippen LogP contribution is -2.24. The number of anilines is 1. The topological polar surface area (TPSA) is 197 Å². The molecule has 0 saturated carbocycles. The molecule has 11 nitrogen and oxygen atoms in total. The number of H-pyrrole nitrogens is 1. The highest BCUT2D eigenvalue weighted by Crippen LogP contribution is 2.43. The van der Waals surface area contributed by atoms with Crippen LogP contribution >= 0.6 is 0 Å². The molecule has 6 N–H and O–H groups in total. The van der Waals surface area contributed by atoms with Crippen LogP contribution in [0.25, 0.3) is 11.1 Å². The third-order valence-corrected chi connectivity index (χ3v) is 3.91. The molecule has 11 heteroatoms. The molecule has 136 valence electrons. The van der Waals surface area contributed by atoms with Gasteiger partial charge >= 0.3 is 17.6 Å². The summed E-state index contributed by atoms with van der Waals surface area (Å²) in [5, 5.41) is 40.3. The zero-order valence-corrected chi connectivity index (χ0v) is 13.5. The first-order chi connectivity index (χ1) is 12.0. The molecule has 2 rings (SSSR count). The predicted octanol–water partition coefficient (Wildman–Crippen LogP) is 1.25. The van der Waals surface area contributed by atoms with Crippen molar-refractivity contribution in [3.05, 3.63) is 48.8 Å². The van der Waals surface area contributed by atoms with E-state index in [-0.39, 0.29) is 11.1 Å². The second-order valence-electron chi connectivity index (χ2n) is 5.42. The van der Waals surface area contributed by atoms with E-state index < -0.39 is 61.9 Å². The number of hydrogen-bond donors (Lipinski definition) is 5. The molecule has 26 heavy (non-hydrogen) atoms. The van der Waals surface area contributed by atoms with Crippen LogP contribution in [0.3, 0.4) is 0 Å². The van der Waals surface area contributed by atoms with Gasteiger partial charge in [0.25, 0.3) is 5.56 Å². The molecule has 0 amide bonds. The number of aromatic nitrogens is 1. The SMILES string of the molecule is Cc1cc(-c2c(C(=O)O)c(N)[nH]c(=O)c2C(=O)O)c(O)c([N+](=O)[O-])c1C. The van der Waals surface area contributed by atoms with Crippen molar-refractivity contribution >= 4 is 23.4 Å². The maximum absolute atomic E-state index is 12.0. The van der Waals surface area contributed by atoms with Crippen LogP contribution in [0.15, 0.2) is 10.9 Å². The number of nitro benzene ring substituents is 1. The van der Waals surface area contributed by atoms with E-state index >= 15 is 0 Å². The average Bonchev–Trinajstić information content (AvgIpc) is 2.48. The standard InChI is InChI=1S/C15H13N3O8/c1-4-3-6(11(19)10(5(4)2)18(25)26)7-8(14(21)22)12(16)17-13(20)9(7)15(23)24/h3,19H,1-2H3,(H,21,22)(H,23,24)(H3,16,17,20). The summed E-state index contributed by atoms with van der Waals surface area (Å²) in [6.07, 6.45) is 0. The first kappa shape index (κ1) is 18.4. The van der Waals surface area contributed by atoms with Crippen LogP contribution < -0.4 is 11.3 Å². The third kappa shape index (κ3) is 2.70. The van der Waals surface area contributed by atoms with Crippen molar-refractivity contribution < 1.29 is 29.8 Å². The number of nitrogens with zero attached hydrogens (tertiary/aromatic N) is 1. The molecule has 0 aliphatic carbocycles. The molecular formula is C15H13N3O8. The van der Waals surface area contributed by atoms with Crippen LogP contribution in [-0.4, -0.2) is 37.2 Å². The van der Waals surface area contributed by atoms with Gasteiger partial charge in [0.15, 0.2) is 0 Å². The van der Waals surface area contributed by atoms with Gasteiger partial charge in [0.1, 0.15) is 16.9 Å². The van der Waals surface area contributed by atoms with Gasteiger partial charge in [-0.1, -0.05) is 0 Å². The Hall–Kier alpha value is -3.89. The molecule has 0 spiro atoms. The van der Waals surface area contributed by atoms with Crippen molar-refractivity contribution in [2.75, 3.05) is 5.73 Å². The summed E-state index contributed by atoms with van der Waals surface area (Å²) in [5.74, 6) is -5.09. The molecule has 2 aromatic rings. The molecule has 1 heterocycles. The molecule has 0 atom stereocenters. The van der Waals surface area contributed by atoms with Crippen molar-refractivity contribution in [3.8, 4) is 16.9 Å². The van der Waals surface area contributed by atoms with Crippen molar-refractivity contribution in [2.24, 2.45) is 0 Å². The number of aryl methyl sites for hydroxylation is 1. The second kappa shape index (κ2) is 6.20.